The molecule has 37 heavy (non-hydrogen) atoms. The van der Waals surface area contributed by atoms with Crippen LogP contribution in [0.1, 0.15) is 58.1 Å². The molecule has 0 saturated heterocycles. The van der Waals surface area contributed by atoms with Crippen LogP contribution in [0.15, 0.2) is 59.4 Å². The number of rotatable bonds is 2. The van der Waals surface area contributed by atoms with Crippen LogP contribution >= 0.6 is 0 Å². The summed E-state index contributed by atoms with van der Waals surface area (Å²) in [6, 6.07) is 12.7. The third-order valence-electron chi connectivity index (χ3n) is 9.63. The molecule has 0 aliphatic heterocycles. The molecule has 0 aromatic heterocycles. The number of fused-ring (bicyclic) bond motifs is 3. The van der Waals surface area contributed by atoms with Crippen LogP contribution < -0.4 is 0 Å². The van der Waals surface area contributed by atoms with Crippen molar-refractivity contribution in [2.24, 2.45) is 16.7 Å². The van der Waals surface area contributed by atoms with E-state index in [2.05, 4.69) is 0 Å². The molecule has 5 rings (SSSR count). The van der Waals surface area contributed by atoms with Crippen LogP contribution in [0, 0.1) is 16.7 Å². The lowest BCUT2D eigenvalue weighted by Gasteiger charge is -2.62. The quantitative estimate of drug-likeness (QED) is 0.435. The van der Waals surface area contributed by atoms with Crippen LogP contribution in [0.3, 0.4) is 0 Å². The third-order valence-corrected chi connectivity index (χ3v) is 9.63. The lowest BCUT2D eigenvalue weighted by Crippen LogP contribution is -2.69. The predicted molar refractivity (Wildman–Crippen MR) is 137 cm³/mol. The van der Waals surface area contributed by atoms with E-state index in [4.69, 9.17) is 0 Å². The number of carbonyl (C=O) groups excluding carboxylic acids is 3. The molecular weight excluding hydrogens is 472 g/mol. The summed E-state index contributed by atoms with van der Waals surface area (Å²) in [7, 11) is 0. The van der Waals surface area contributed by atoms with E-state index in [0.717, 1.165) is 18.1 Å². The number of allylic oxidation sites excluding steroid dienone is 1. The zero-order valence-corrected chi connectivity index (χ0v) is 21.4. The van der Waals surface area contributed by atoms with Gasteiger partial charge in [-0.3, -0.25) is 14.4 Å². The second kappa shape index (κ2) is 7.65. The first-order valence-electron chi connectivity index (χ1n) is 12.3. The summed E-state index contributed by atoms with van der Waals surface area (Å²) in [5, 5.41) is 45.5. The number of phenols is 1. The number of carbonyl (C=O) groups is 3. The molecule has 7 nitrogen and oxygen atoms in total. The van der Waals surface area contributed by atoms with Gasteiger partial charge in [0, 0.05) is 22.8 Å². The van der Waals surface area contributed by atoms with E-state index in [1.165, 1.54) is 6.07 Å². The van der Waals surface area contributed by atoms with E-state index < -0.39 is 62.7 Å². The maximum Gasteiger partial charge on any atom is 0.203 e. The zero-order valence-electron chi connectivity index (χ0n) is 21.4. The number of aliphatic hydroxyl groups is 3. The Labute approximate surface area is 214 Å². The van der Waals surface area contributed by atoms with Crippen molar-refractivity contribution in [1.29, 1.82) is 0 Å². The fraction of sp³-hybridized carbons (Fsp3) is 0.367. The summed E-state index contributed by atoms with van der Waals surface area (Å²) in [4.78, 5) is 39.5. The fourth-order valence-electron chi connectivity index (χ4n) is 7.19. The smallest absolute Gasteiger partial charge is 0.203 e. The first kappa shape index (κ1) is 25.0. The fourth-order valence-corrected chi connectivity index (χ4v) is 7.19. The van der Waals surface area contributed by atoms with Gasteiger partial charge in [-0.05, 0) is 41.5 Å². The Balaban J connectivity index is 1.88. The largest absolute Gasteiger partial charge is 0.508 e. The van der Waals surface area contributed by atoms with Crippen LogP contribution in [0.2, 0.25) is 0 Å². The third kappa shape index (κ3) is 2.78. The van der Waals surface area contributed by atoms with Crippen molar-refractivity contribution in [3.05, 3.63) is 70.5 Å². The number of aromatic hydroxyl groups is 1. The van der Waals surface area contributed by atoms with Gasteiger partial charge in [0.2, 0.25) is 5.78 Å². The molecule has 5 atom stereocenters. The van der Waals surface area contributed by atoms with Gasteiger partial charge in [0.25, 0.3) is 0 Å². The van der Waals surface area contributed by atoms with E-state index >= 15 is 0 Å². The van der Waals surface area contributed by atoms with Crippen molar-refractivity contribution in [2.75, 3.05) is 0 Å². The van der Waals surface area contributed by atoms with Crippen LogP contribution in [0.4, 0.5) is 0 Å². The molecule has 5 unspecified atom stereocenters. The molecule has 192 valence electrons. The van der Waals surface area contributed by atoms with Crippen molar-refractivity contribution in [3.63, 3.8) is 0 Å². The molecular formula is C30H30O7. The minimum atomic E-state index is -2.60. The maximum absolute atomic E-state index is 14.2. The van der Waals surface area contributed by atoms with Crippen molar-refractivity contribution in [3.8, 4) is 16.9 Å². The number of ketones is 3. The van der Waals surface area contributed by atoms with Gasteiger partial charge in [-0.25, -0.2) is 0 Å². The molecule has 0 spiro atoms. The number of aliphatic hydroxyl groups excluding tert-OH is 2. The van der Waals surface area contributed by atoms with Gasteiger partial charge in [-0.15, -0.1) is 0 Å². The summed E-state index contributed by atoms with van der Waals surface area (Å²) in [5.74, 6) is -5.12. The number of hydrogen-bond acceptors (Lipinski definition) is 7. The van der Waals surface area contributed by atoms with Gasteiger partial charge >= 0.3 is 0 Å². The molecule has 3 aliphatic carbocycles. The Bertz CT molecular complexity index is 1470. The summed E-state index contributed by atoms with van der Waals surface area (Å²) >= 11 is 0. The molecule has 3 aliphatic rings. The molecule has 7 heteroatoms. The summed E-state index contributed by atoms with van der Waals surface area (Å²) in [6.07, 6.45) is -0.329. The van der Waals surface area contributed by atoms with E-state index in [-0.39, 0.29) is 23.3 Å². The van der Waals surface area contributed by atoms with E-state index in [0.29, 0.717) is 5.56 Å². The van der Waals surface area contributed by atoms with Gasteiger partial charge in [0.1, 0.15) is 22.8 Å². The van der Waals surface area contributed by atoms with Crippen molar-refractivity contribution >= 4 is 23.1 Å². The predicted octanol–water partition coefficient (Wildman–Crippen LogP) is 4.78. The van der Waals surface area contributed by atoms with Crippen LogP contribution in [-0.4, -0.2) is 43.4 Å². The van der Waals surface area contributed by atoms with E-state index in [1.807, 2.05) is 44.2 Å². The highest BCUT2D eigenvalue weighted by molar-refractivity contribution is 6.23. The Morgan fingerprint density at radius 2 is 1.59 bits per heavy atom. The molecule has 2 aromatic carbocycles. The van der Waals surface area contributed by atoms with Crippen LogP contribution in [-0.2, 0) is 14.4 Å². The SMILES string of the molecule is CC(=O)C1=C(O)C2(O)C(=O)C3=C(O)c4c(O)ccc(-c5ccccc5)c4C(C)C3(C)C(C)C2(C)CC1=O. The number of phenolic OH excluding ortho intramolecular Hbond substituents is 1. The topological polar surface area (TPSA) is 132 Å². The molecule has 0 amide bonds. The Morgan fingerprint density at radius 3 is 2.19 bits per heavy atom. The molecule has 0 bridgehead atoms. The number of Topliss-reactive ketones (excluding diaryl/α,β-unsaturated/α-hetero) is 3. The van der Waals surface area contributed by atoms with Crippen molar-refractivity contribution < 1.29 is 34.8 Å². The Kier molecular flexibility index (Phi) is 5.16. The van der Waals surface area contributed by atoms with Gasteiger partial charge in [0.15, 0.2) is 17.2 Å². The lowest BCUT2D eigenvalue weighted by atomic mass is 9.41. The van der Waals surface area contributed by atoms with E-state index in [9.17, 15) is 34.8 Å². The zero-order chi connectivity index (χ0) is 27.2. The van der Waals surface area contributed by atoms with Gasteiger partial charge < -0.3 is 20.4 Å². The number of benzene rings is 2. The summed E-state index contributed by atoms with van der Waals surface area (Å²) < 4.78 is 0. The Morgan fingerprint density at radius 1 is 0.973 bits per heavy atom. The average Bonchev–Trinajstić information content (AvgIpc) is 2.84. The molecule has 1 fully saturated rings. The monoisotopic (exact) mass is 502 g/mol. The standard InChI is InChI=1S/C30H30O7/c1-14-21-18(17-9-7-6-8-10-17)11-12-19(32)23(21)25(34)24-27(36)30(37)26(35)22(15(2)31)20(33)13-28(30,4)16(3)29(14,24)5/h6-12,14,16,32,34-35,37H,13H2,1-5H3. The first-order chi connectivity index (χ1) is 17.2. The Hall–Kier alpha value is -3.71. The van der Waals surface area contributed by atoms with Gasteiger partial charge in [0.05, 0.1) is 5.56 Å². The summed E-state index contributed by atoms with van der Waals surface area (Å²) in [6.45, 7) is 8.16. The number of hydrogen-bond donors (Lipinski definition) is 4. The highest BCUT2D eigenvalue weighted by atomic mass is 16.3. The maximum atomic E-state index is 14.2. The summed E-state index contributed by atoms with van der Waals surface area (Å²) in [5.41, 5.74) is -3.52. The first-order valence-corrected chi connectivity index (χ1v) is 12.3. The van der Waals surface area contributed by atoms with E-state index in [1.54, 1.807) is 19.9 Å². The molecule has 1 saturated carbocycles. The average molecular weight is 503 g/mol. The normalized spacial score (nSPS) is 33.1. The molecule has 2 aromatic rings. The molecule has 0 radical (unpaired) electrons. The van der Waals surface area contributed by atoms with Crippen LogP contribution in [0.5, 0.6) is 5.75 Å². The van der Waals surface area contributed by atoms with Crippen molar-refractivity contribution in [2.45, 2.75) is 52.6 Å². The van der Waals surface area contributed by atoms with Gasteiger partial charge in [-0.1, -0.05) is 64.1 Å². The second-order valence-electron chi connectivity index (χ2n) is 11.1. The second-order valence-corrected chi connectivity index (χ2v) is 11.1. The highest BCUT2D eigenvalue weighted by Gasteiger charge is 2.72. The highest BCUT2D eigenvalue weighted by Crippen LogP contribution is 2.68. The molecule has 0 heterocycles. The van der Waals surface area contributed by atoms with Gasteiger partial charge in [-0.2, -0.15) is 0 Å². The lowest BCUT2D eigenvalue weighted by molar-refractivity contribution is -0.178. The minimum Gasteiger partial charge on any atom is -0.508 e. The van der Waals surface area contributed by atoms with Crippen LogP contribution in [0.25, 0.3) is 16.9 Å². The molecule has 4 N–H and O–H groups in total. The van der Waals surface area contributed by atoms with Crippen molar-refractivity contribution in [1.82, 2.24) is 0 Å². The minimum absolute atomic E-state index is 0.0937.